The van der Waals surface area contributed by atoms with Gasteiger partial charge in [0.25, 0.3) is 0 Å². The van der Waals surface area contributed by atoms with Gasteiger partial charge in [-0.1, -0.05) is 23.7 Å². The summed E-state index contributed by atoms with van der Waals surface area (Å²) in [5.41, 5.74) is 9.79. The van der Waals surface area contributed by atoms with Crippen LogP contribution in [0.25, 0.3) is 0 Å². The predicted molar refractivity (Wildman–Crippen MR) is 95.3 cm³/mol. The maximum absolute atomic E-state index is 9.49. The van der Waals surface area contributed by atoms with Crippen LogP contribution in [0.5, 0.6) is 0 Å². The molecule has 0 amide bonds. The second-order valence-electron chi connectivity index (χ2n) is 5.36. The largest absolute Gasteiger partial charge is 0.368 e. The third kappa shape index (κ3) is 3.55. The number of nitrogens with two attached hydrogens (primary N) is 1. The van der Waals surface area contributed by atoms with Crippen molar-refractivity contribution in [2.24, 2.45) is 5.10 Å². The summed E-state index contributed by atoms with van der Waals surface area (Å²) >= 11 is 5.85. The number of aromatic nitrogens is 2. The molecule has 1 aliphatic heterocycles. The molecule has 0 aliphatic carbocycles. The molecule has 0 saturated carbocycles. The molecule has 3 rings (SSSR count). The van der Waals surface area contributed by atoms with Gasteiger partial charge in [0.2, 0.25) is 5.95 Å². The zero-order valence-corrected chi connectivity index (χ0v) is 13.7. The van der Waals surface area contributed by atoms with Crippen LogP contribution in [-0.2, 0) is 0 Å². The highest BCUT2D eigenvalue weighted by Gasteiger charge is 2.21. The SMILES string of the molecule is N#Cc1c(N/N=C/c2ccc(Cl)cc2)nc(N)nc1N1CCCC1. The number of hydrazone groups is 1. The van der Waals surface area contributed by atoms with Crippen LogP contribution in [0.3, 0.4) is 0 Å². The lowest BCUT2D eigenvalue weighted by atomic mass is 10.2. The van der Waals surface area contributed by atoms with E-state index in [1.54, 1.807) is 18.3 Å². The number of benzene rings is 1. The Balaban J connectivity index is 1.84. The fourth-order valence-corrected chi connectivity index (χ4v) is 2.65. The van der Waals surface area contributed by atoms with Gasteiger partial charge in [-0.15, -0.1) is 0 Å². The molecule has 0 radical (unpaired) electrons. The number of nitrogen functional groups attached to an aromatic ring is 1. The van der Waals surface area contributed by atoms with Crippen molar-refractivity contribution in [1.29, 1.82) is 5.26 Å². The van der Waals surface area contributed by atoms with Gasteiger partial charge in [-0.05, 0) is 30.5 Å². The number of nitrogens with zero attached hydrogens (tertiary/aromatic N) is 5. The Hall–Kier alpha value is -2.85. The van der Waals surface area contributed by atoms with Crippen molar-refractivity contribution in [3.8, 4) is 6.07 Å². The summed E-state index contributed by atoms with van der Waals surface area (Å²) in [6, 6.07) is 9.37. The van der Waals surface area contributed by atoms with E-state index in [0.29, 0.717) is 22.2 Å². The van der Waals surface area contributed by atoms with Crippen LogP contribution in [0, 0.1) is 11.3 Å². The highest BCUT2D eigenvalue weighted by molar-refractivity contribution is 6.30. The van der Waals surface area contributed by atoms with E-state index >= 15 is 0 Å². The fourth-order valence-electron chi connectivity index (χ4n) is 2.52. The summed E-state index contributed by atoms with van der Waals surface area (Å²) in [4.78, 5) is 10.4. The lowest BCUT2D eigenvalue weighted by molar-refractivity contribution is 0.926. The summed E-state index contributed by atoms with van der Waals surface area (Å²) in [5, 5.41) is 14.3. The van der Waals surface area contributed by atoms with E-state index in [1.165, 1.54) is 0 Å². The summed E-state index contributed by atoms with van der Waals surface area (Å²) in [7, 11) is 0. The first-order valence-electron chi connectivity index (χ1n) is 7.54. The molecule has 122 valence electrons. The van der Waals surface area contributed by atoms with E-state index in [9.17, 15) is 5.26 Å². The van der Waals surface area contributed by atoms with Crippen molar-refractivity contribution in [3.63, 3.8) is 0 Å². The van der Waals surface area contributed by atoms with Crippen LogP contribution in [0.15, 0.2) is 29.4 Å². The second kappa shape index (κ2) is 7.15. The molecule has 1 saturated heterocycles. The first-order valence-corrected chi connectivity index (χ1v) is 7.92. The molecule has 1 aromatic heterocycles. The van der Waals surface area contributed by atoms with Crippen LogP contribution < -0.4 is 16.1 Å². The van der Waals surface area contributed by atoms with Gasteiger partial charge in [0, 0.05) is 18.1 Å². The Morgan fingerprint density at radius 1 is 1.25 bits per heavy atom. The molecular weight excluding hydrogens is 326 g/mol. The minimum atomic E-state index is 0.111. The summed E-state index contributed by atoms with van der Waals surface area (Å²) in [6.07, 6.45) is 3.77. The minimum absolute atomic E-state index is 0.111. The Bertz CT molecular complexity index is 789. The average Bonchev–Trinajstić information content (AvgIpc) is 3.10. The van der Waals surface area contributed by atoms with Gasteiger partial charge in [-0.2, -0.15) is 20.3 Å². The number of rotatable bonds is 4. The monoisotopic (exact) mass is 341 g/mol. The van der Waals surface area contributed by atoms with E-state index in [2.05, 4.69) is 26.6 Å². The molecule has 0 bridgehead atoms. The molecule has 1 fully saturated rings. The maximum atomic E-state index is 9.49. The predicted octanol–water partition coefficient (Wildman–Crippen LogP) is 2.63. The van der Waals surface area contributed by atoms with Crippen LogP contribution in [0.1, 0.15) is 24.0 Å². The number of halogens is 1. The Kier molecular flexibility index (Phi) is 4.77. The van der Waals surface area contributed by atoms with Crippen molar-refractivity contribution in [2.75, 3.05) is 29.1 Å². The van der Waals surface area contributed by atoms with E-state index < -0.39 is 0 Å². The average molecular weight is 342 g/mol. The van der Waals surface area contributed by atoms with Gasteiger partial charge in [-0.25, -0.2) is 0 Å². The number of nitriles is 1. The quantitative estimate of drug-likeness (QED) is 0.654. The fraction of sp³-hybridized carbons (Fsp3) is 0.250. The van der Waals surface area contributed by atoms with Gasteiger partial charge < -0.3 is 10.6 Å². The second-order valence-corrected chi connectivity index (χ2v) is 5.79. The highest BCUT2D eigenvalue weighted by atomic mass is 35.5. The molecule has 1 aromatic carbocycles. The molecule has 2 heterocycles. The Labute approximate surface area is 144 Å². The van der Waals surface area contributed by atoms with Gasteiger partial charge in [0.15, 0.2) is 11.6 Å². The van der Waals surface area contributed by atoms with Crippen molar-refractivity contribution in [1.82, 2.24) is 9.97 Å². The van der Waals surface area contributed by atoms with Crippen molar-refractivity contribution >= 4 is 35.4 Å². The standard InChI is InChI=1S/C16H16ClN7/c17-12-5-3-11(4-6-12)10-20-23-14-13(9-18)15(22-16(19)21-14)24-7-1-2-8-24/h3-6,10H,1-2,7-8H2,(H3,19,21,22,23)/b20-10+. The van der Waals surface area contributed by atoms with Crippen LogP contribution in [-0.4, -0.2) is 29.3 Å². The normalized spacial score (nSPS) is 14.1. The maximum Gasteiger partial charge on any atom is 0.224 e. The molecule has 0 atom stereocenters. The smallest absolute Gasteiger partial charge is 0.224 e. The number of hydrogen-bond acceptors (Lipinski definition) is 7. The molecule has 24 heavy (non-hydrogen) atoms. The third-order valence-electron chi connectivity index (χ3n) is 3.68. The summed E-state index contributed by atoms with van der Waals surface area (Å²) in [5.74, 6) is 0.976. The van der Waals surface area contributed by atoms with Crippen molar-refractivity contribution < 1.29 is 0 Å². The van der Waals surface area contributed by atoms with Crippen molar-refractivity contribution in [2.45, 2.75) is 12.8 Å². The zero-order valence-electron chi connectivity index (χ0n) is 12.9. The molecule has 2 aromatic rings. The van der Waals surface area contributed by atoms with Crippen LogP contribution in [0.4, 0.5) is 17.6 Å². The Morgan fingerprint density at radius 2 is 1.96 bits per heavy atom. The number of hydrogen-bond donors (Lipinski definition) is 2. The minimum Gasteiger partial charge on any atom is -0.368 e. The van der Waals surface area contributed by atoms with E-state index in [0.717, 1.165) is 31.5 Å². The number of anilines is 3. The van der Waals surface area contributed by atoms with Gasteiger partial charge in [-0.3, -0.25) is 5.43 Å². The Morgan fingerprint density at radius 3 is 2.62 bits per heavy atom. The highest BCUT2D eigenvalue weighted by Crippen LogP contribution is 2.27. The molecule has 1 aliphatic rings. The third-order valence-corrected chi connectivity index (χ3v) is 3.93. The lowest BCUT2D eigenvalue weighted by Gasteiger charge is -2.18. The van der Waals surface area contributed by atoms with Crippen LogP contribution in [0.2, 0.25) is 5.02 Å². The van der Waals surface area contributed by atoms with Gasteiger partial charge in [0.1, 0.15) is 11.6 Å². The summed E-state index contributed by atoms with van der Waals surface area (Å²) in [6.45, 7) is 1.72. The molecule has 7 nitrogen and oxygen atoms in total. The summed E-state index contributed by atoms with van der Waals surface area (Å²) < 4.78 is 0. The van der Waals surface area contributed by atoms with Gasteiger partial charge >= 0.3 is 0 Å². The van der Waals surface area contributed by atoms with E-state index in [1.807, 2.05) is 17.0 Å². The molecule has 0 unspecified atom stereocenters. The first kappa shape index (κ1) is 16.0. The van der Waals surface area contributed by atoms with Crippen molar-refractivity contribution in [3.05, 3.63) is 40.4 Å². The molecule has 0 spiro atoms. The number of nitrogens with one attached hydrogen (secondary N) is 1. The molecular formula is C16H16ClN7. The molecule has 3 N–H and O–H groups in total. The topological polar surface area (TPSA) is 103 Å². The first-order chi connectivity index (χ1) is 11.7. The lowest BCUT2D eigenvalue weighted by Crippen LogP contribution is -2.22. The van der Waals surface area contributed by atoms with E-state index in [-0.39, 0.29) is 5.95 Å². The van der Waals surface area contributed by atoms with Crippen LogP contribution >= 0.6 is 11.6 Å². The molecule has 8 heteroatoms. The zero-order chi connectivity index (χ0) is 16.9. The van der Waals surface area contributed by atoms with E-state index in [4.69, 9.17) is 17.3 Å². The van der Waals surface area contributed by atoms with Gasteiger partial charge in [0.05, 0.1) is 6.21 Å².